The van der Waals surface area contributed by atoms with Crippen molar-refractivity contribution in [2.75, 3.05) is 32.1 Å². The van der Waals surface area contributed by atoms with Gasteiger partial charge in [0.1, 0.15) is 5.82 Å². The van der Waals surface area contributed by atoms with E-state index in [2.05, 4.69) is 31.5 Å². The molecule has 5 nitrogen and oxygen atoms in total. The fourth-order valence-corrected chi connectivity index (χ4v) is 2.15. The summed E-state index contributed by atoms with van der Waals surface area (Å²) in [7, 11) is 1.75. The third-order valence-electron chi connectivity index (χ3n) is 3.14. The maximum atomic E-state index is 12.1. The maximum Gasteiger partial charge on any atom is 0.255 e. The molecule has 0 unspecified atom stereocenters. The number of carbonyl (C=O) groups is 1. The average molecular weight is 342 g/mol. The van der Waals surface area contributed by atoms with Crippen LogP contribution >= 0.6 is 15.9 Å². The van der Waals surface area contributed by atoms with Crippen LogP contribution in [0.1, 0.15) is 29.6 Å². The van der Waals surface area contributed by atoms with Crippen molar-refractivity contribution < 1.29 is 9.53 Å². The van der Waals surface area contributed by atoms with Crippen molar-refractivity contribution in [1.82, 2.24) is 10.3 Å². The van der Waals surface area contributed by atoms with E-state index >= 15 is 0 Å². The van der Waals surface area contributed by atoms with E-state index in [1.807, 2.05) is 0 Å². The zero-order valence-electron chi connectivity index (χ0n) is 11.6. The van der Waals surface area contributed by atoms with E-state index in [-0.39, 0.29) is 5.91 Å². The Morgan fingerprint density at radius 3 is 3.05 bits per heavy atom. The summed E-state index contributed by atoms with van der Waals surface area (Å²) in [5.41, 5.74) is 0.542. The van der Waals surface area contributed by atoms with Crippen molar-refractivity contribution in [3.05, 3.63) is 22.3 Å². The Bertz CT molecular complexity index is 464. The second-order valence-electron chi connectivity index (χ2n) is 4.93. The number of ether oxygens (including phenoxy) is 1. The molecule has 1 aromatic rings. The van der Waals surface area contributed by atoms with Crippen molar-refractivity contribution in [2.24, 2.45) is 5.92 Å². The van der Waals surface area contributed by atoms with E-state index in [4.69, 9.17) is 4.74 Å². The second kappa shape index (κ2) is 7.59. The molecule has 0 saturated heterocycles. The van der Waals surface area contributed by atoms with Gasteiger partial charge in [0.2, 0.25) is 0 Å². The van der Waals surface area contributed by atoms with Crippen LogP contribution in [0, 0.1) is 5.92 Å². The zero-order chi connectivity index (χ0) is 14.4. The summed E-state index contributed by atoms with van der Waals surface area (Å²) in [5, 5.41) is 5.80. The number of amides is 1. The first-order chi connectivity index (χ1) is 9.70. The van der Waals surface area contributed by atoms with Crippen LogP contribution in [0.25, 0.3) is 0 Å². The summed E-state index contributed by atoms with van der Waals surface area (Å²) in [5.74, 6) is 1.25. The maximum absolute atomic E-state index is 12.1. The molecule has 1 aliphatic rings. The van der Waals surface area contributed by atoms with Gasteiger partial charge in [-0.25, -0.2) is 4.98 Å². The van der Waals surface area contributed by atoms with Gasteiger partial charge in [0.15, 0.2) is 0 Å². The van der Waals surface area contributed by atoms with Gasteiger partial charge in [-0.2, -0.15) is 0 Å². The van der Waals surface area contributed by atoms with Gasteiger partial charge >= 0.3 is 0 Å². The Hall–Kier alpha value is -1.14. The van der Waals surface area contributed by atoms with E-state index in [9.17, 15) is 4.79 Å². The highest BCUT2D eigenvalue weighted by Gasteiger charge is 2.20. The van der Waals surface area contributed by atoms with Gasteiger partial charge in [0, 0.05) is 37.5 Å². The van der Waals surface area contributed by atoms with E-state index in [1.54, 1.807) is 19.3 Å². The molecule has 110 valence electrons. The zero-order valence-corrected chi connectivity index (χ0v) is 13.2. The third-order valence-corrected chi connectivity index (χ3v) is 3.57. The molecule has 0 aromatic carbocycles. The monoisotopic (exact) mass is 341 g/mol. The number of anilines is 1. The van der Waals surface area contributed by atoms with Crippen LogP contribution in [0.2, 0.25) is 0 Å². The lowest BCUT2D eigenvalue weighted by Crippen LogP contribution is -2.26. The highest BCUT2D eigenvalue weighted by atomic mass is 79.9. The van der Waals surface area contributed by atoms with Crippen LogP contribution in [-0.2, 0) is 4.74 Å². The van der Waals surface area contributed by atoms with Crippen LogP contribution in [-0.4, -0.2) is 37.7 Å². The predicted molar refractivity (Wildman–Crippen MR) is 82.0 cm³/mol. The molecule has 0 bridgehead atoms. The first-order valence-electron chi connectivity index (χ1n) is 6.90. The lowest BCUT2D eigenvalue weighted by Gasteiger charge is -2.09. The van der Waals surface area contributed by atoms with Crippen molar-refractivity contribution in [1.29, 1.82) is 0 Å². The van der Waals surface area contributed by atoms with Crippen LogP contribution in [0.3, 0.4) is 0 Å². The van der Waals surface area contributed by atoms with Gasteiger partial charge in [0.05, 0.1) is 5.56 Å². The quantitative estimate of drug-likeness (QED) is 0.713. The third kappa shape index (κ3) is 4.76. The molecule has 1 aromatic heterocycles. The summed E-state index contributed by atoms with van der Waals surface area (Å²) >= 11 is 3.33. The number of hydrogen-bond donors (Lipinski definition) is 2. The molecule has 1 amide bonds. The molecule has 1 fully saturated rings. The van der Waals surface area contributed by atoms with Crippen molar-refractivity contribution in [3.8, 4) is 0 Å². The Morgan fingerprint density at radius 1 is 1.55 bits per heavy atom. The van der Waals surface area contributed by atoms with Gasteiger partial charge in [-0.05, 0) is 47.2 Å². The SMILES string of the molecule is CNc1ncc(Br)cc1C(=O)NCCCOCC1CC1. The molecule has 0 radical (unpaired) electrons. The number of rotatable bonds is 8. The lowest BCUT2D eigenvalue weighted by molar-refractivity contribution is 0.0938. The Kier molecular flexibility index (Phi) is 5.79. The van der Waals surface area contributed by atoms with Gasteiger partial charge in [-0.3, -0.25) is 4.79 Å². The van der Waals surface area contributed by atoms with Crippen molar-refractivity contribution >= 4 is 27.7 Å². The van der Waals surface area contributed by atoms with Crippen molar-refractivity contribution in [3.63, 3.8) is 0 Å². The standard InChI is InChI=1S/C14H20BrN3O2/c1-16-13-12(7-11(15)8-18-13)14(19)17-5-2-6-20-9-10-3-4-10/h7-8,10H,2-6,9H2,1H3,(H,16,18)(H,17,19). The number of carbonyl (C=O) groups excluding carboxylic acids is 1. The fraction of sp³-hybridized carbons (Fsp3) is 0.571. The van der Waals surface area contributed by atoms with Gasteiger partial charge in [0.25, 0.3) is 5.91 Å². The summed E-state index contributed by atoms with van der Waals surface area (Å²) < 4.78 is 6.31. The molecule has 2 rings (SSSR count). The van der Waals surface area contributed by atoms with Gasteiger partial charge < -0.3 is 15.4 Å². The second-order valence-corrected chi connectivity index (χ2v) is 5.84. The molecular formula is C14H20BrN3O2. The largest absolute Gasteiger partial charge is 0.381 e. The Labute approximate surface area is 127 Å². The molecule has 20 heavy (non-hydrogen) atoms. The summed E-state index contributed by atoms with van der Waals surface area (Å²) in [6, 6.07) is 1.76. The fourth-order valence-electron chi connectivity index (χ4n) is 1.82. The van der Waals surface area contributed by atoms with Crippen LogP contribution in [0.5, 0.6) is 0 Å². The number of aromatic nitrogens is 1. The summed E-state index contributed by atoms with van der Waals surface area (Å²) in [4.78, 5) is 16.2. The first-order valence-corrected chi connectivity index (χ1v) is 7.69. The highest BCUT2D eigenvalue weighted by Crippen LogP contribution is 2.28. The molecule has 1 aliphatic carbocycles. The number of nitrogens with one attached hydrogen (secondary N) is 2. The van der Waals surface area contributed by atoms with E-state index in [0.29, 0.717) is 24.5 Å². The highest BCUT2D eigenvalue weighted by molar-refractivity contribution is 9.10. The molecule has 1 saturated carbocycles. The average Bonchev–Trinajstić information content (AvgIpc) is 3.26. The number of nitrogens with zero attached hydrogens (tertiary/aromatic N) is 1. The first kappa shape index (κ1) is 15.3. The number of halogens is 1. The van der Waals surface area contributed by atoms with Crippen LogP contribution in [0.4, 0.5) is 5.82 Å². The molecule has 0 atom stereocenters. The normalized spacial score (nSPS) is 14.1. The number of hydrogen-bond acceptors (Lipinski definition) is 4. The minimum Gasteiger partial charge on any atom is -0.381 e. The minimum atomic E-state index is -0.120. The smallest absolute Gasteiger partial charge is 0.255 e. The Balaban J connectivity index is 1.71. The molecule has 1 heterocycles. The molecular weight excluding hydrogens is 322 g/mol. The predicted octanol–water partition coefficient (Wildman–Crippen LogP) is 2.43. The lowest BCUT2D eigenvalue weighted by atomic mass is 10.2. The van der Waals surface area contributed by atoms with Crippen molar-refractivity contribution in [2.45, 2.75) is 19.3 Å². The van der Waals surface area contributed by atoms with E-state index < -0.39 is 0 Å². The molecule has 0 aliphatic heterocycles. The minimum absolute atomic E-state index is 0.120. The summed E-state index contributed by atoms with van der Waals surface area (Å²) in [6.07, 6.45) is 5.10. The molecule has 6 heteroatoms. The summed E-state index contributed by atoms with van der Waals surface area (Å²) in [6.45, 7) is 2.18. The topological polar surface area (TPSA) is 63.2 Å². The molecule has 0 spiro atoms. The molecule has 2 N–H and O–H groups in total. The Morgan fingerprint density at radius 2 is 2.35 bits per heavy atom. The van der Waals surface area contributed by atoms with Gasteiger partial charge in [-0.1, -0.05) is 0 Å². The number of pyridine rings is 1. The van der Waals surface area contributed by atoms with Crippen LogP contribution < -0.4 is 10.6 Å². The van der Waals surface area contributed by atoms with Crippen LogP contribution in [0.15, 0.2) is 16.7 Å². The van der Waals surface area contributed by atoms with E-state index in [1.165, 1.54) is 12.8 Å². The van der Waals surface area contributed by atoms with E-state index in [0.717, 1.165) is 23.4 Å². The van der Waals surface area contributed by atoms with Gasteiger partial charge in [-0.15, -0.1) is 0 Å².